The number of rotatable bonds is 5. The molecule has 0 saturated heterocycles. The zero-order valence-corrected chi connectivity index (χ0v) is 16.0. The first-order valence-corrected chi connectivity index (χ1v) is 8.86. The van der Waals surface area contributed by atoms with Crippen molar-refractivity contribution in [1.29, 1.82) is 0 Å². The van der Waals surface area contributed by atoms with Crippen molar-refractivity contribution in [3.8, 4) is 17.1 Å². The Labute approximate surface area is 161 Å². The predicted molar refractivity (Wildman–Crippen MR) is 105 cm³/mol. The van der Waals surface area contributed by atoms with E-state index in [0.717, 1.165) is 0 Å². The number of hydrogen-bond acceptors (Lipinski definition) is 5. The Bertz CT molecular complexity index is 1040. The summed E-state index contributed by atoms with van der Waals surface area (Å²) in [5.41, 5.74) is 1.49. The normalized spacial score (nSPS) is 12.0. The van der Waals surface area contributed by atoms with Gasteiger partial charge >= 0.3 is 5.97 Å². The van der Waals surface area contributed by atoms with Gasteiger partial charge in [0.2, 0.25) is 11.2 Å². The molecule has 0 fully saturated rings. The number of hydrogen-bond donors (Lipinski definition) is 0. The van der Waals surface area contributed by atoms with Crippen LogP contribution in [0.2, 0.25) is 5.02 Å². The van der Waals surface area contributed by atoms with Crippen LogP contribution >= 0.6 is 11.6 Å². The third-order valence-electron chi connectivity index (χ3n) is 4.48. The van der Waals surface area contributed by atoms with E-state index in [1.54, 1.807) is 42.5 Å². The first kappa shape index (κ1) is 19.0. The minimum Gasteiger partial charge on any atom is -0.490 e. The molecule has 0 spiro atoms. The van der Waals surface area contributed by atoms with Crippen molar-refractivity contribution in [1.82, 2.24) is 0 Å². The number of carbonyl (C=O) groups excluding carboxylic acids is 1. The lowest BCUT2D eigenvalue weighted by Gasteiger charge is -2.14. The maximum absolute atomic E-state index is 13.0. The highest BCUT2D eigenvalue weighted by Gasteiger charge is 2.22. The Morgan fingerprint density at radius 1 is 1.15 bits per heavy atom. The first-order valence-electron chi connectivity index (χ1n) is 8.48. The van der Waals surface area contributed by atoms with Gasteiger partial charge in [0.15, 0.2) is 5.76 Å². The molecule has 3 aromatic rings. The van der Waals surface area contributed by atoms with Gasteiger partial charge in [0.05, 0.1) is 25.5 Å². The second-order valence-electron chi connectivity index (χ2n) is 6.04. The number of carbonyl (C=O) groups is 1. The predicted octanol–water partition coefficient (Wildman–Crippen LogP) is 4.79. The van der Waals surface area contributed by atoms with Gasteiger partial charge in [0.1, 0.15) is 5.58 Å². The van der Waals surface area contributed by atoms with Crippen LogP contribution in [0.15, 0.2) is 51.7 Å². The summed E-state index contributed by atoms with van der Waals surface area (Å²) in [4.78, 5) is 25.0. The van der Waals surface area contributed by atoms with E-state index < -0.39 is 5.92 Å². The fourth-order valence-electron chi connectivity index (χ4n) is 3.07. The Morgan fingerprint density at radius 3 is 2.44 bits per heavy atom. The van der Waals surface area contributed by atoms with Crippen molar-refractivity contribution >= 4 is 28.5 Å². The highest BCUT2D eigenvalue weighted by Crippen LogP contribution is 2.33. The van der Waals surface area contributed by atoms with Crippen molar-refractivity contribution in [2.45, 2.75) is 19.3 Å². The summed E-state index contributed by atoms with van der Waals surface area (Å²) in [5, 5.41) is 0.934. The maximum atomic E-state index is 13.0. The second kappa shape index (κ2) is 7.84. The molecule has 0 bridgehead atoms. The van der Waals surface area contributed by atoms with E-state index in [1.165, 1.54) is 14.2 Å². The highest BCUT2D eigenvalue weighted by molar-refractivity contribution is 6.30. The number of benzene rings is 2. The summed E-state index contributed by atoms with van der Waals surface area (Å²) in [6.07, 6.45) is 0.559. The first-order chi connectivity index (χ1) is 13.0. The number of methoxy groups -OCH3 is 2. The summed E-state index contributed by atoms with van der Waals surface area (Å²) in [7, 11) is 2.77. The molecule has 1 heterocycles. The molecule has 1 atom stereocenters. The molecule has 0 amide bonds. The molecule has 0 aliphatic heterocycles. The Morgan fingerprint density at radius 2 is 1.85 bits per heavy atom. The molecule has 6 heteroatoms. The average Bonchev–Trinajstić information content (AvgIpc) is 2.69. The van der Waals surface area contributed by atoms with E-state index >= 15 is 0 Å². The van der Waals surface area contributed by atoms with Crippen LogP contribution < -0.4 is 10.2 Å². The van der Waals surface area contributed by atoms with Crippen LogP contribution in [0, 0.1) is 0 Å². The molecule has 0 N–H and O–H groups in total. The standard InChI is InChI=1S/C21H19ClO5/c1-4-15(21(24)26-3)13-7-10-17-16(11-13)18(23)20(25-2)19(27-17)12-5-8-14(22)9-6-12/h5-11,15H,4H2,1-3H3. The van der Waals surface area contributed by atoms with E-state index in [1.807, 2.05) is 6.92 Å². The zero-order valence-electron chi connectivity index (χ0n) is 15.2. The van der Waals surface area contributed by atoms with Crippen molar-refractivity contribution in [3.05, 3.63) is 63.3 Å². The largest absolute Gasteiger partial charge is 0.490 e. The van der Waals surface area contributed by atoms with Crippen LogP contribution in [-0.4, -0.2) is 20.2 Å². The minimum absolute atomic E-state index is 0.105. The van der Waals surface area contributed by atoms with E-state index in [0.29, 0.717) is 39.3 Å². The van der Waals surface area contributed by atoms with E-state index in [9.17, 15) is 9.59 Å². The summed E-state index contributed by atoms with van der Waals surface area (Å²) in [5.74, 6) is -0.348. The fraction of sp³-hybridized carbons (Fsp3) is 0.238. The monoisotopic (exact) mass is 386 g/mol. The van der Waals surface area contributed by atoms with Crippen molar-refractivity contribution < 1.29 is 18.7 Å². The number of fused-ring (bicyclic) bond motifs is 1. The molecule has 0 radical (unpaired) electrons. The second-order valence-corrected chi connectivity index (χ2v) is 6.48. The van der Waals surface area contributed by atoms with Gasteiger partial charge in [0.25, 0.3) is 0 Å². The summed E-state index contributed by atoms with van der Waals surface area (Å²) < 4.78 is 16.2. The Kier molecular flexibility index (Phi) is 5.51. The lowest BCUT2D eigenvalue weighted by molar-refractivity contribution is -0.142. The molecule has 1 unspecified atom stereocenters. The van der Waals surface area contributed by atoms with Crippen LogP contribution in [0.25, 0.3) is 22.3 Å². The van der Waals surface area contributed by atoms with Crippen LogP contribution in [0.4, 0.5) is 0 Å². The van der Waals surface area contributed by atoms with Gasteiger partial charge in [-0.1, -0.05) is 24.6 Å². The molecular formula is C21H19ClO5. The van der Waals surface area contributed by atoms with Crippen molar-refractivity contribution in [3.63, 3.8) is 0 Å². The van der Waals surface area contributed by atoms with Gasteiger partial charge in [-0.05, 0) is 48.4 Å². The molecule has 0 aliphatic carbocycles. The van der Waals surface area contributed by atoms with Gasteiger partial charge in [-0.15, -0.1) is 0 Å². The highest BCUT2D eigenvalue weighted by atomic mass is 35.5. The van der Waals surface area contributed by atoms with Crippen LogP contribution in [0.5, 0.6) is 5.75 Å². The third-order valence-corrected chi connectivity index (χ3v) is 4.73. The van der Waals surface area contributed by atoms with E-state index in [-0.39, 0.29) is 17.1 Å². The van der Waals surface area contributed by atoms with Crippen molar-refractivity contribution in [2.75, 3.05) is 14.2 Å². The molecular weight excluding hydrogens is 368 g/mol. The van der Waals surface area contributed by atoms with Crippen molar-refractivity contribution in [2.24, 2.45) is 0 Å². The number of esters is 1. The molecule has 27 heavy (non-hydrogen) atoms. The molecule has 3 rings (SSSR count). The van der Waals surface area contributed by atoms with Crippen LogP contribution in [0.3, 0.4) is 0 Å². The quantitative estimate of drug-likeness (QED) is 0.590. The third kappa shape index (κ3) is 3.55. The van der Waals surface area contributed by atoms with Gasteiger partial charge in [-0.2, -0.15) is 0 Å². The SMILES string of the molecule is CCC(C(=O)OC)c1ccc2oc(-c3ccc(Cl)cc3)c(OC)c(=O)c2c1. The van der Waals surface area contributed by atoms with Gasteiger partial charge in [-0.3, -0.25) is 9.59 Å². The maximum Gasteiger partial charge on any atom is 0.313 e. The smallest absolute Gasteiger partial charge is 0.313 e. The molecule has 5 nitrogen and oxygen atoms in total. The van der Waals surface area contributed by atoms with E-state index in [4.69, 9.17) is 25.5 Å². The molecule has 140 valence electrons. The molecule has 2 aromatic carbocycles. The Balaban J connectivity index is 2.21. The summed E-state index contributed by atoms with van der Waals surface area (Å²) >= 11 is 5.94. The Hall–Kier alpha value is -2.79. The van der Waals surface area contributed by atoms with Crippen LogP contribution in [-0.2, 0) is 9.53 Å². The number of halogens is 1. The van der Waals surface area contributed by atoms with Gasteiger partial charge in [-0.25, -0.2) is 0 Å². The molecule has 0 saturated carbocycles. The van der Waals surface area contributed by atoms with E-state index in [2.05, 4.69) is 0 Å². The molecule has 0 aliphatic rings. The minimum atomic E-state index is -0.444. The average molecular weight is 387 g/mol. The number of ether oxygens (including phenoxy) is 2. The zero-order chi connectivity index (χ0) is 19.6. The topological polar surface area (TPSA) is 65.7 Å². The lowest BCUT2D eigenvalue weighted by Crippen LogP contribution is -2.14. The van der Waals surface area contributed by atoms with Gasteiger partial charge in [0, 0.05) is 10.6 Å². The van der Waals surface area contributed by atoms with Crippen LogP contribution in [0.1, 0.15) is 24.8 Å². The summed E-state index contributed by atoms with van der Waals surface area (Å²) in [6, 6.07) is 12.1. The molecule has 1 aromatic heterocycles. The summed E-state index contributed by atoms with van der Waals surface area (Å²) in [6.45, 7) is 1.89. The van der Waals surface area contributed by atoms with Gasteiger partial charge < -0.3 is 13.9 Å². The fourth-order valence-corrected chi connectivity index (χ4v) is 3.20. The lowest BCUT2D eigenvalue weighted by atomic mass is 9.95.